The fraction of sp³-hybridized carbons (Fsp3) is 0.200. The largest absolute Gasteiger partial charge is 0.497 e. The lowest BCUT2D eigenvalue weighted by atomic mass is 10.1. The Morgan fingerprint density at radius 3 is 2.32 bits per heavy atom. The van der Waals surface area contributed by atoms with Crippen LogP contribution in [-0.4, -0.2) is 13.7 Å². The fourth-order valence-electron chi connectivity index (χ4n) is 1.71. The first-order valence-electron chi connectivity index (χ1n) is 6.03. The SMILES string of the molecule is COc1ccc(Oc2ccc(CCN)cc2)c(Br)c1. The van der Waals surface area contributed by atoms with E-state index in [1.165, 1.54) is 5.56 Å². The van der Waals surface area contributed by atoms with Gasteiger partial charge in [-0.1, -0.05) is 12.1 Å². The molecule has 0 aromatic heterocycles. The Balaban J connectivity index is 2.12. The van der Waals surface area contributed by atoms with Gasteiger partial charge in [-0.25, -0.2) is 0 Å². The Morgan fingerprint density at radius 2 is 1.74 bits per heavy atom. The van der Waals surface area contributed by atoms with Gasteiger partial charge in [-0.3, -0.25) is 0 Å². The maximum Gasteiger partial charge on any atom is 0.141 e. The standard InChI is InChI=1S/C15H16BrNO2/c1-18-13-6-7-15(14(16)10-13)19-12-4-2-11(3-5-12)8-9-17/h2-7,10H,8-9,17H2,1H3. The molecule has 2 aromatic rings. The lowest BCUT2D eigenvalue weighted by Crippen LogP contribution is -2.02. The van der Waals surface area contributed by atoms with Crippen molar-refractivity contribution in [2.75, 3.05) is 13.7 Å². The number of halogens is 1. The van der Waals surface area contributed by atoms with Crippen LogP contribution in [0.2, 0.25) is 0 Å². The number of methoxy groups -OCH3 is 1. The molecule has 100 valence electrons. The zero-order chi connectivity index (χ0) is 13.7. The van der Waals surface area contributed by atoms with E-state index in [0.717, 1.165) is 28.1 Å². The van der Waals surface area contributed by atoms with Gasteiger partial charge in [0.25, 0.3) is 0 Å². The van der Waals surface area contributed by atoms with Crippen LogP contribution in [0.3, 0.4) is 0 Å². The van der Waals surface area contributed by atoms with Crippen molar-refractivity contribution >= 4 is 15.9 Å². The summed E-state index contributed by atoms with van der Waals surface area (Å²) in [5.74, 6) is 2.34. The van der Waals surface area contributed by atoms with Crippen LogP contribution in [0.15, 0.2) is 46.9 Å². The van der Waals surface area contributed by atoms with Gasteiger partial charge in [-0.05, 0) is 64.8 Å². The number of rotatable bonds is 5. The van der Waals surface area contributed by atoms with Gasteiger partial charge in [0, 0.05) is 0 Å². The molecular weight excluding hydrogens is 306 g/mol. The molecule has 0 aliphatic heterocycles. The molecule has 4 heteroatoms. The van der Waals surface area contributed by atoms with Crippen LogP contribution in [0, 0.1) is 0 Å². The molecule has 0 fully saturated rings. The third-order valence-corrected chi connectivity index (χ3v) is 3.34. The molecule has 0 aliphatic rings. The summed E-state index contributed by atoms with van der Waals surface area (Å²) < 4.78 is 11.8. The van der Waals surface area contributed by atoms with Crippen molar-refractivity contribution in [2.24, 2.45) is 5.73 Å². The zero-order valence-electron chi connectivity index (χ0n) is 10.7. The minimum absolute atomic E-state index is 0.657. The van der Waals surface area contributed by atoms with Crippen molar-refractivity contribution in [1.82, 2.24) is 0 Å². The molecule has 0 saturated heterocycles. The van der Waals surface area contributed by atoms with Crippen molar-refractivity contribution in [3.8, 4) is 17.2 Å². The van der Waals surface area contributed by atoms with Gasteiger partial charge in [-0.15, -0.1) is 0 Å². The van der Waals surface area contributed by atoms with Gasteiger partial charge < -0.3 is 15.2 Å². The maximum atomic E-state index is 5.81. The van der Waals surface area contributed by atoms with E-state index in [1.54, 1.807) is 7.11 Å². The Kier molecular flexibility index (Phi) is 4.82. The third-order valence-electron chi connectivity index (χ3n) is 2.72. The zero-order valence-corrected chi connectivity index (χ0v) is 12.3. The number of hydrogen-bond donors (Lipinski definition) is 1. The quantitative estimate of drug-likeness (QED) is 0.912. The molecule has 19 heavy (non-hydrogen) atoms. The van der Waals surface area contributed by atoms with Crippen molar-refractivity contribution in [3.05, 3.63) is 52.5 Å². The van der Waals surface area contributed by atoms with Crippen molar-refractivity contribution < 1.29 is 9.47 Å². The second-order valence-electron chi connectivity index (χ2n) is 4.08. The summed E-state index contributed by atoms with van der Waals surface area (Å²) in [5, 5.41) is 0. The van der Waals surface area contributed by atoms with Gasteiger partial charge in [0.2, 0.25) is 0 Å². The predicted octanol–water partition coefficient (Wildman–Crippen LogP) is 3.75. The summed E-state index contributed by atoms with van der Waals surface area (Å²) in [6.45, 7) is 0.657. The molecule has 3 nitrogen and oxygen atoms in total. The van der Waals surface area contributed by atoms with E-state index in [4.69, 9.17) is 15.2 Å². The minimum atomic E-state index is 0.657. The lowest BCUT2D eigenvalue weighted by molar-refractivity contribution is 0.412. The second kappa shape index (κ2) is 6.59. The Labute approximate surface area is 121 Å². The van der Waals surface area contributed by atoms with E-state index in [-0.39, 0.29) is 0 Å². The molecule has 0 atom stereocenters. The topological polar surface area (TPSA) is 44.5 Å². The van der Waals surface area contributed by atoms with Crippen LogP contribution in [0.4, 0.5) is 0 Å². The number of ether oxygens (including phenoxy) is 2. The van der Waals surface area contributed by atoms with Gasteiger partial charge in [-0.2, -0.15) is 0 Å². The molecular formula is C15H16BrNO2. The van der Waals surface area contributed by atoms with E-state index in [0.29, 0.717) is 6.54 Å². The molecule has 2 N–H and O–H groups in total. The van der Waals surface area contributed by atoms with Crippen LogP contribution >= 0.6 is 15.9 Å². The monoisotopic (exact) mass is 321 g/mol. The number of benzene rings is 2. The molecule has 0 unspecified atom stereocenters. The summed E-state index contributed by atoms with van der Waals surface area (Å²) in [5.41, 5.74) is 6.73. The molecule has 0 radical (unpaired) electrons. The Morgan fingerprint density at radius 1 is 1.05 bits per heavy atom. The highest BCUT2D eigenvalue weighted by Crippen LogP contribution is 2.32. The van der Waals surface area contributed by atoms with Crippen molar-refractivity contribution in [1.29, 1.82) is 0 Å². The molecule has 2 rings (SSSR count). The first-order chi connectivity index (χ1) is 9.22. The van der Waals surface area contributed by atoms with Crippen LogP contribution in [0.5, 0.6) is 17.2 Å². The average Bonchev–Trinajstić information content (AvgIpc) is 2.43. The lowest BCUT2D eigenvalue weighted by Gasteiger charge is -2.09. The molecule has 0 saturated carbocycles. The number of hydrogen-bond acceptors (Lipinski definition) is 3. The molecule has 0 spiro atoms. The van der Waals surface area contributed by atoms with Crippen LogP contribution in [0.1, 0.15) is 5.56 Å². The maximum absolute atomic E-state index is 5.81. The first kappa shape index (κ1) is 13.9. The molecule has 0 bridgehead atoms. The summed E-state index contributed by atoms with van der Waals surface area (Å²) in [6, 6.07) is 13.6. The van der Waals surface area contributed by atoms with Crippen LogP contribution < -0.4 is 15.2 Å². The molecule has 2 aromatic carbocycles. The summed E-state index contributed by atoms with van der Waals surface area (Å²) >= 11 is 3.46. The highest BCUT2D eigenvalue weighted by molar-refractivity contribution is 9.10. The van der Waals surface area contributed by atoms with Gasteiger partial charge >= 0.3 is 0 Å². The smallest absolute Gasteiger partial charge is 0.141 e. The van der Waals surface area contributed by atoms with E-state index in [2.05, 4.69) is 15.9 Å². The second-order valence-corrected chi connectivity index (χ2v) is 4.94. The van der Waals surface area contributed by atoms with E-state index in [9.17, 15) is 0 Å². The van der Waals surface area contributed by atoms with Gasteiger partial charge in [0.05, 0.1) is 11.6 Å². The van der Waals surface area contributed by atoms with E-state index in [1.807, 2.05) is 42.5 Å². The van der Waals surface area contributed by atoms with Crippen LogP contribution in [-0.2, 0) is 6.42 Å². The fourth-order valence-corrected chi connectivity index (χ4v) is 2.15. The summed E-state index contributed by atoms with van der Waals surface area (Å²) in [4.78, 5) is 0. The van der Waals surface area contributed by atoms with Gasteiger partial charge in [0.1, 0.15) is 17.2 Å². The number of nitrogens with two attached hydrogens (primary N) is 1. The summed E-state index contributed by atoms with van der Waals surface area (Å²) in [7, 11) is 1.64. The van der Waals surface area contributed by atoms with Crippen molar-refractivity contribution in [2.45, 2.75) is 6.42 Å². The van der Waals surface area contributed by atoms with Crippen LogP contribution in [0.25, 0.3) is 0 Å². The van der Waals surface area contributed by atoms with E-state index < -0.39 is 0 Å². The average molecular weight is 322 g/mol. The Hall–Kier alpha value is -1.52. The Bertz CT molecular complexity index is 540. The minimum Gasteiger partial charge on any atom is -0.497 e. The molecule has 0 aliphatic carbocycles. The highest BCUT2D eigenvalue weighted by atomic mass is 79.9. The summed E-state index contributed by atoms with van der Waals surface area (Å²) in [6.07, 6.45) is 0.881. The third kappa shape index (κ3) is 3.72. The molecule has 0 heterocycles. The highest BCUT2D eigenvalue weighted by Gasteiger charge is 2.04. The van der Waals surface area contributed by atoms with E-state index >= 15 is 0 Å². The normalized spacial score (nSPS) is 10.3. The molecule has 0 amide bonds. The first-order valence-corrected chi connectivity index (χ1v) is 6.82. The van der Waals surface area contributed by atoms with Gasteiger partial charge in [0.15, 0.2) is 0 Å². The predicted molar refractivity (Wildman–Crippen MR) is 80.0 cm³/mol. The van der Waals surface area contributed by atoms with Crippen molar-refractivity contribution in [3.63, 3.8) is 0 Å².